The SMILES string of the molecule is CCN1C(=O)C(=NNC(=S)Nc2cccc(S(N)(=O)=O)c2)c2cccc(Cl)c21. The van der Waals surface area contributed by atoms with E-state index < -0.39 is 10.0 Å². The molecule has 0 aromatic heterocycles. The standard InChI is InChI=1S/C17H16ClN5O3S2/c1-2-23-15-12(7-4-8-13(15)18)14(16(23)24)21-22-17(27)20-10-5-3-6-11(9-10)28(19,25)26/h3-9H,2H2,1H3,(H2,19,25,26)(H2,20,22,27). The van der Waals surface area contributed by atoms with Gasteiger partial charge in [0.05, 0.1) is 15.6 Å². The molecule has 0 aliphatic carbocycles. The lowest BCUT2D eigenvalue weighted by atomic mass is 10.1. The molecule has 1 amide bonds. The summed E-state index contributed by atoms with van der Waals surface area (Å²) >= 11 is 11.4. The molecule has 1 aliphatic rings. The number of sulfonamides is 1. The normalized spacial score (nSPS) is 14.9. The quantitative estimate of drug-likeness (QED) is 0.497. The van der Waals surface area contributed by atoms with Crippen molar-refractivity contribution in [2.45, 2.75) is 11.8 Å². The number of primary sulfonamides is 1. The van der Waals surface area contributed by atoms with Crippen molar-refractivity contribution in [3.8, 4) is 0 Å². The number of nitrogens with one attached hydrogen (secondary N) is 2. The fourth-order valence-corrected chi connectivity index (χ4v) is 3.75. The second-order valence-electron chi connectivity index (χ2n) is 5.78. The summed E-state index contributed by atoms with van der Waals surface area (Å²) in [5.74, 6) is -0.294. The first kappa shape index (κ1) is 20.2. The predicted octanol–water partition coefficient (Wildman–Crippen LogP) is 2.04. The largest absolute Gasteiger partial charge is 0.331 e. The Balaban J connectivity index is 1.80. The molecule has 146 valence electrons. The molecule has 2 aromatic rings. The van der Waals surface area contributed by atoms with E-state index in [0.29, 0.717) is 28.5 Å². The molecule has 4 N–H and O–H groups in total. The Morgan fingerprint density at radius 2 is 2.00 bits per heavy atom. The Bertz CT molecular complexity index is 1100. The highest BCUT2D eigenvalue weighted by Gasteiger charge is 2.34. The summed E-state index contributed by atoms with van der Waals surface area (Å²) < 4.78 is 22.9. The summed E-state index contributed by atoms with van der Waals surface area (Å²) in [7, 11) is -3.83. The topological polar surface area (TPSA) is 117 Å². The van der Waals surface area contributed by atoms with Crippen molar-refractivity contribution in [2.75, 3.05) is 16.8 Å². The maximum absolute atomic E-state index is 12.6. The van der Waals surface area contributed by atoms with E-state index in [4.69, 9.17) is 29.0 Å². The number of rotatable bonds is 4. The summed E-state index contributed by atoms with van der Waals surface area (Å²) in [5, 5.41) is 12.6. The minimum atomic E-state index is -3.83. The van der Waals surface area contributed by atoms with Gasteiger partial charge >= 0.3 is 0 Å². The molecule has 1 aliphatic heterocycles. The third kappa shape index (κ3) is 3.99. The lowest BCUT2D eigenvalue weighted by Crippen LogP contribution is -2.32. The van der Waals surface area contributed by atoms with Crippen LogP contribution in [-0.4, -0.2) is 31.7 Å². The Kier molecular flexibility index (Phi) is 5.66. The number of halogens is 1. The molecule has 0 saturated heterocycles. The number of nitrogens with zero attached hydrogens (tertiary/aromatic N) is 2. The van der Waals surface area contributed by atoms with E-state index in [2.05, 4.69) is 15.8 Å². The van der Waals surface area contributed by atoms with Crippen LogP contribution in [0.4, 0.5) is 11.4 Å². The zero-order valence-corrected chi connectivity index (χ0v) is 17.0. The predicted molar refractivity (Wildman–Crippen MR) is 113 cm³/mol. The third-order valence-corrected chi connectivity index (χ3v) is 5.37. The number of hydrogen-bond acceptors (Lipinski definition) is 5. The number of fused-ring (bicyclic) bond motifs is 1. The van der Waals surface area contributed by atoms with E-state index in [1.54, 1.807) is 24.3 Å². The van der Waals surface area contributed by atoms with E-state index in [1.165, 1.54) is 23.1 Å². The van der Waals surface area contributed by atoms with E-state index in [0.717, 1.165) is 0 Å². The van der Waals surface area contributed by atoms with Crippen LogP contribution < -0.4 is 20.8 Å². The van der Waals surface area contributed by atoms with Gasteiger partial charge in [-0.15, -0.1) is 0 Å². The van der Waals surface area contributed by atoms with Crippen molar-refractivity contribution in [1.29, 1.82) is 0 Å². The summed E-state index contributed by atoms with van der Waals surface area (Å²) in [6, 6.07) is 11.0. The van der Waals surface area contributed by atoms with Crippen molar-refractivity contribution >= 4 is 61.9 Å². The van der Waals surface area contributed by atoms with E-state index in [9.17, 15) is 13.2 Å². The fourth-order valence-electron chi connectivity index (χ4n) is 2.75. The molecule has 2 aromatic carbocycles. The molecule has 11 heteroatoms. The molecule has 0 fully saturated rings. The fraction of sp³-hybridized carbons (Fsp3) is 0.118. The van der Waals surface area contributed by atoms with Gasteiger partial charge in [-0.3, -0.25) is 10.2 Å². The second kappa shape index (κ2) is 7.84. The molecule has 28 heavy (non-hydrogen) atoms. The number of carbonyl (C=O) groups is 1. The number of likely N-dealkylation sites (N-methyl/N-ethyl adjacent to an activating group) is 1. The van der Waals surface area contributed by atoms with Gasteiger partial charge < -0.3 is 10.2 Å². The smallest absolute Gasteiger partial charge is 0.279 e. The van der Waals surface area contributed by atoms with Gasteiger partial charge in [-0.1, -0.05) is 29.8 Å². The Morgan fingerprint density at radius 3 is 2.68 bits per heavy atom. The van der Waals surface area contributed by atoms with Gasteiger partial charge in [0.2, 0.25) is 10.0 Å². The molecule has 1 heterocycles. The van der Waals surface area contributed by atoms with Crippen molar-refractivity contribution < 1.29 is 13.2 Å². The van der Waals surface area contributed by atoms with E-state index in [-0.39, 0.29) is 21.6 Å². The molecule has 0 radical (unpaired) electrons. The van der Waals surface area contributed by atoms with Crippen LogP contribution in [0.15, 0.2) is 52.5 Å². The van der Waals surface area contributed by atoms with Crippen LogP contribution in [0.2, 0.25) is 5.02 Å². The first-order chi connectivity index (χ1) is 13.2. The van der Waals surface area contributed by atoms with Gasteiger partial charge in [0, 0.05) is 17.8 Å². The van der Waals surface area contributed by atoms with Crippen molar-refractivity contribution in [3.05, 3.63) is 53.1 Å². The highest BCUT2D eigenvalue weighted by atomic mass is 35.5. The molecule has 0 bridgehead atoms. The van der Waals surface area contributed by atoms with Crippen LogP contribution >= 0.6 is 23.8 Å². The second-order valence-corrected chi connectivity index (χ2v) is 8.16. The number of amides is 1. The number of para-hydroxylation sites is 1. The molecule has 0 spiro atoms. The molecule has 0 atom stereocenters. The number of carbonyl (C=O) groups excluding carboxylic acids is 1. The minimum Gasteiger partial charge on any atom is -0.331 e. The highest BCUT2D eigenvalue weighted by molar-refractivity contribution is 7.89. The number of hydrogen-bond donors (Lipinski definition) is 3. The lowest BCUT2D eigenvalue weighted by molar-refractivity contribution is -0.112. The lowest BCUT2D eigenvalue weighted by Gasteiger charge is -2.14. The van der Waals surface area contributed by atoms with Crippen molar-refractivity contribution in [1.82, 2.24) is 5.43 Å². The van der Waals surface area contributed by atoms with Crippen LogP contribution in [0.3, 0.4) is 0 Å². The van der Waals surface area contributed by atoms with Gasteiger partial charge in [0.1, 0.15) is 0 Å². The Labute approximate surface area is 172 Å². The van der Waals surface area contributed by atoms with Crippen LogP contribution in [0.1, 0.15) is 12.5 Å². The third-order valence-electron chi connectivity index (χ3n) is 3.97. The summed E-state index contributed by atoms with van der Waals surface area (Å²) in [4.78, 5) is 14.1. The van der Waals surface area contributed by atoms with Crippen molar-refractivity contribution in [2.24, 2.45) is 10.2 Å². The zero-order valence-electron chi connectivity index (χ0n) is 14.6. The van der Waals surface area contributed by atoms with Crippen LogP contribution in [0, 0.1) is 0 Å². The first-order valence-electron chi connectivity index (χ1n) is 8.10. The Morgan fingerprint density at radius 1 is 1.29 bits per heavy atom. The first-order valence-corrected chi connectivity index (χ1v) is 10.4. The van der Waals surface area contributed by atoms with E-state index >= 15 is 0 Å². The molecule has 3 rings (SSSR count). The summed E-state index contributed by atoms with van der Waals surface area (Å²) in [5.41, 5.74) is 4.40. The number of thiocarbonyl (C=S) groups is 1. The number of hydrazone groups is 1. The maximum atomic E-state index is 12.6. The van der Waals surface area contributed by atoms with Crippen molar-refractivity contribution in [3.63, 3.8) is 0 Å². The van der Waals surface area contributed by atoms with Crippen LogP contribution in [-0.2, 0) is 14.8 Å². The number of nitrogens with two attached hydrogens (primary N) is 1. The summed E-state index contributed by atoms with van der Waals surface area (Å²) in [6.07, 6.45) is 0. The molecular formula is C17H16ClN5O3S2. The van der Waals surface area contributed by atoms with Crippen LogP contribution in [0.5, 0.6) is 0 Å². The van der Waals surface area contributed by atoms with Gasteiger partial charge in [-0.2, -0.15) is 5.10 Å². The molecule has 0 unspecified atom stereocenters. The molecule has 0 saturated carbocycles. The van der Waals surface area contributed by atoms with Gasteiger partial charge in [0.15, 0.2) is 10.8 Å². The average Bonchev–Trinajstić information content (AvgIpc) is 2.91. The van der Waals surface area contributed by atoms with Gasteiger partial charge in [0.25, 0.3) is 5.91 Å². The zero-order chi connectivity index (χ0) is 20.5. The Hall–Kier alpha value is -2.53. The van der Waals surface area contributed by atoms with Crippen LogP contribution in [0.25, 0.3) is 0 Å². The van der Waals surface area contributed by atoms with Gasteiger partial charge in [-0.05, 0) is 43.4 Å². The molecular weight excluding hydrogens is 422 g/mol. The highest BCUT2D eigenvalue weighted by Crippen LogP contribution is 2.35. The molecule has 8 nitrogen and oxygen atoms in total. The summed E-state index contributed by atoms with van der Waals surface area (Å²) in [6.45, 7) is 2.28. The monoisotopic (exact) mass is 437 g/mol. The number of anilines is 2. The van der Waals surface area contributed by atoms with Gasteiger partial charge in [-0.25, -0.2) is 13.6 Å². The minimum absolute atomic E-state index is 0.0558. The van der Waals surface area contributed by atoms with E-state index in [1.807, 2.05) is 6.92 Å². The average molecular weight is 438 g/mol. The number of benzene rings is 2. The maximum Gasteiger partial charge on any atom is 0.279 e.